The molecule has 0 saturated carbocycles. The molecule has 0 radical (unpaired) electrons. The number of rotatable bonds is 37. The second kappa shape index (κ2) is 42.5. The van der Waals surface area contributed by atoms with E-state index in [0.717, 1.165) is 89.9 Å². The lowest BCUT2D eigenvalue weighted by Gasteiger charge is -2.15. The van der Waals surface area contributed by atoms with Crippen molar-refractivity contribution in [1.29, 1.82) is 0 Å². The second-order valence-electron chi connectivity index (χ2n) is 13.7. The van der Waals surface area contributed by atoms with E-state index in [1.165, 1.54) is 64.2 Å². The Balaban J connectivity index is 3.63. The summed E-state index contributed by atoms with van der Waals surface area (Å²) in [7, 11) is 0. The number of aliphatic hydroxyl groups is 1. The van der Waals surface area contributed by atoms with Crippen LogP contribution >= 0.6 is 0 Å². The van der Waals surface area contributed by atoms with Crippen molar-refractivity contribution in [2.45, 2.75) is 187 Å². The number of ether oxygens (including phenoxy) is 2. The molecule has 1 atom stereocenters. The average molecular weight is 723 g/mol. The summed E-state index contributed by atoms with van der Waals surface area (Å²) in [6.45, 7) is 3.97. The van der Waals surface area contributed by atoms with Crippen molar-refractivity contribution in [3.8, 4) is 0 Å². The third kappa shape index (κ3) is 39.9. The first kappa shape index (κ1) is 49.1. The minimum atomic E-state index is -0.787. The molecule has 0 amide bonds. The standard InChI is InChI=1S/C47H78O5/c1-3-5-7-9-11-13-15-17-18-19-20-21-22-23-24-25-26-27-28-30-32-34-36-38-40-42-47(50)52-45(43-48)44-51-46(49)41-39-37-35-33-31-29-16-14-12-10-8-6-4-2/h5,7,11,13-14,16-18,20-21,23-24,26-27,45,48H,3-4,6,8-10,12,15,19,22,25,28-44H2,1-2H3/b7-5-,13-11-,16-14-,18-17-,21-20-,24-23-,27-26-. The maximum Gasteiger partial charge on any atom is 0.306 e. The summed E-state index contributed by atoms with van der Waals surface area (Å²) in [6, 6.07) is 0. The molecule has 0 aromatic carbocycles. The van der Waals surface area contributed by atoms with Crippen LogP contribution in [0.15, 0.2) is 85.1 Å². The number of hydrogen-bond acceptors (Lipinski definition) is 5. The molecule has 5 heteroatoms. The van der Waals surface area contributed by atoms with Crippen molar-refractivity contribution < 1.29 is 24.2 Å². The molecule has 0 bridgehead atoms. The highest BCUT2D eigenvalue weighted by molar-refractivity contribution is 5.70. The van der Waals surface area contributed by atoms with Gasteiger partial charge in [-0.05, 0) is 89.9 Å². The monoisotopic (exact) mass is 723 g/mol. The van der Waals surface area contributed by atoms with Gasteiger partial charge in [0.15, 0.2) is 6.10 Å². The molecular weight excluding hydrogens is 645 g/mol. The van der Waals surface area contributed by atoms with E-state index in [2.05, 4.69) is 98.9 Å². The molecule has 296 valence electrons. The summed E-state index contributed by atoms with van der Waals surface area (Å²) in [5.41, 5.74) is 0. The van der Waals surface area contributed by atoms with Gasteiger partial charge in [0, 0.05) is 12.8 Å². The average Bonchev–Trinajstić information content (AvgIpc) is 3.15. The highest BCUT2D eigenvalue weighted by Crippen LogP contribution is 2.12. The van der Waals surface area contributed by atoms with Crippen molar-refractivity contribution in [1.82, 2.24) is 0 Å². The molecule has 0 heterocycles. The van der Waals surface area contributed by atoms with E-state index < -0.39 is 6.10 Å². The molecule has 1 unspecified atom stereocenters. The highest BCUT2D eigenvalue weighted by atomic mass is 16.6. The van der Waals surface area contributed by atoms with Crippen LogP contribution in [0.1, 0.15) is 181 Å². The van der Waals surface area contributed by atoms with Gasteiger partial charge in [-0.2, -0.15) is 0 Å². The molecule has 0 aliphatic heterocycles. The molecular formula is C47H78O5. The summed E-state index contributed by atoms with van der Waals surface area (Å²) in [5.74, 6) is -0.625. The summed E-state index contributed by atoms with van der Waals surface area (Å²) in [4.78, 5) is 24.3. The van der Waals surface area contributed by atoms with Crippen molar-refractivity contribution in [2.24, 2.45) is 0 Å². The normalized spacial score (nSPS) is 13.1. The van der Waals surface area contributed by atoms with Gasteiger partial charge in [0.2, 0.25) is 0 Å². The number of unbranched alkanes of at least 4 members (excludes halogenated alkanes) is 15. The van der Waals surface area contributed by atoms with E-state index in [9.17, 15) is 14.7 Å². The van der Waals surface area contributed by atoms with Crippen LogP contribution < -0.4 is 0 Å². The molecule has 1 N–H and O–H groups in total. The fraction of sp³-hybridized carbons (Fsp3) is 0.660. The van der Waals surface area contributed by atoms with E-state index in [-0.39, 0.29) is 25.2 Å². The quantitative estimate of drug-likeness (QED) is 0.0393. The first-order chi connectivity index (χ1) is 25.6. The molecule has 0 fully saturated rings. The highest BCUT2D eigenvalue weighted by Gasteiger charge is 2.16. The van der Waals surface area contributed by atoms with E-state index >= 15 is 0 Å². The predicted molar refractivity (Wildman–Crippen MR) is 223 cm³/mol. The molecule has 0 saturated heterocycles. The lowest BCUT2D eigenvalue weighted by atomic mass is 10.1. The van der Waals surface area contributed by atoms with Gasteiger partial charge in [0.25, 0.3) is 0 Å². The molecule has 52 heavy (non-hydrogen) atoms. The van der Waals surface area contributed by atoms with Gasteiger partial charge in [-0.15, -0.1) is 0 Å². The molecule has 5 nitrogen and oxygen atoms in total. The Morgan fingerprint density at radius 3 is 1.27 bits per heavy atom. The van der Waals surface area contributed by atoms with Crippen LogP contribution in [0.4, 0.5) is 0 Å². The smallest absolute Gasteiger partial charge is 0.306 e. The van der Waals surface area contributed by atoms with Crippen molar-refractivity contribution in [3.63, 3.8) is 0 Å². The number of carbonyl (C=O) groups is 2. The maximum atomic E-state index is 12.2. The maximum absolute atomic E-state index is 12.2. The second-order valence-corrected chi connectivity index (χ2v) is 13.7. The van der Waals surface area contributed by atoms with Crippen LogP contribution in [0.5, 0.6) is 0 Å². The van der Waals surface area contributed by atoms with Gasteiger partial charge in [-0.3, -0.25) is 9.59 Å². The fourth-order valence-corrected chi connectivity index (χ4v) is 5.49. The third-order valence-electron chi connectivity index (χ3n) is 8.67. The van der Waals surface area contributed by atoms with E-state index in [1.54, 1.807) is 0 Å². The first-order valence-electron chi connectivity index (χ1n) is 21.1. The number of aliphatic hydroxyl groups excluding tert-OH is 1. The van der Waals surface area contributed by atoms with Crippen LogP contribution in [0, 0.1) is 0 Å². The summed E-state index contributed by atoms with van der Waals surface area (Å²) in [6.07, 6.45) is 57.9. The topological polar surface area (TPSA) is 72.8 Å². The van der Waals surface area contributed by atoms with Gasteiger partial charge in [-0.1, -0.05) is 163 Å². The molecule has 0 spiro atoms. The summed E-state index contributed by atoms with van der Waals surface area (Å²) in [5, 5.41) is 9.56. The zero-order valence-corrected chi connectivity index (χ0v) is 33.5. The number of carbonyl (C=O) groups excluding carboxylic acids is 2. The Hall–Kier alpha value is -2.92. The molecule has 0 aliphatic carbocycles. The van der Waals surface area contributed by atoms with Gasteiger partial charge in [0.1, 0.15) is 6.61 Å². The van der Waals surface area contributed by atoms with Crippen LogP contribution in [-0.4, -0.2) is 36.4 Å². The molecule has 0 aliphatic rings. The number of allylic oxidation sites excluding steroid dienone is 14. The minimum Gasteiger partial charge on any atom is -0.462 e. The Labute approximate surface area is 320 Å². The zero-order chi connectivity index (χ0) is 37.8. The predicted octanol–water partition coefficient (Wildman–Crippen LogP) is 13.5. The van der Waals surface area contributed by atoms with Gasteiger partial charge in [0.05, 0.1) is 6.61 Å². The summed E-state index contributed by atoms with van der Waals surface area (Å²) >= 11 is 0. The van der Waals surface area contributed by atoms with Gasteiger partial charge >= 0.3 is 11.9 Å². The van der Waals surface area contributed by atoms with Crippen molar-refractivity contribution in [3.05, 3.63) is 85.1 Å². The third-order valence-corrected chi connectivity index (χ3v) is 8.67. The van der Waals surface area contributed by atoms with Crippen LogP contribution in [0.2, 0.25) is 0 Å². The Bertz CT molecular complexity index is 999. The zero-order valence-electron chi connectivity index (χ0n) is 33.5. The van der Waals surface area contributed by atoms with Crippen LogP contribution in [-0.2, 0) is 19.1 Å². The Morgan fingerprint density at radius 2 is 0.827 bits per heavy atom. The Morgan fingerprint density at radius 1 is 0.462 bits per heavy atom. The number of esters is 2. The minimum absolute atomic E-state index is 0.0807. The van der Waals surface area contributed by atoms with Crippen LogP contribution in [0.25, 0.3) is 0 Å². The largest absolute Gasteiger partial charge is 0.462 e. The molecule has 0 aromatic rings. The number of hydrogen-bond donors (Lipinski definition) is 1. The van der Waals surface area contributed by atoms with Crippen molar-refractivity contribution >= 4 is 11.9 Å². The van der Waals surface area contributed by atoms with E-state index in [4.69, 9.17) is 9.47 Å². The lowest BCUT2D eigenvalue weighted by molar-refractivity contribution is -0.161. The SMILES string of the molecule is CC/C=C\C/C=C\C/C=C\C/C=C\C/C=C\C/C=C\CCCCCCCCC(=O)OC(CO)COC(=O)CCCCCCC/C=C\CCCCCC. The summed E-state index contributed by atoms with van der Waals surface area (Å²) < 4.78 is 10.6. The lowest BCUT2D eigenvalue weighted by Crippen LogP contribution is -2.28. The van der Waals surface area contributed by atoms with Crippen LogP contribution in [0.3, 0.4) is 0 Å². The fourth-order valence-electron chi connectivity index (χ4n) is 5.49. The molecule has 0 aromatic heterocycles. The Kier molecular flexibility index (Phi) is 40.1. The van der Waals surface area contributed by atoms with Crippen molar-refractivity contribution in [2.75, 3.05) is 13.2 Å². The van der Waals surface area contributed by atoms with E-state index in [1.807, 2.05) is 0 Å². The van der Waals surface area contributed by atoms with E-state index in [0.29, 0.717) is 12.8 Å². The van der Waals surface area contributed by atoms with Gasteiger partial charge < -0.3 is 14.6 Å². The van der Waals surface area contributed by atoms with Gasteiger partial charge in [-0.25, -0.2) is 0 Å². The molecule has 0 rings (SSSR count). The first-order valence-corrected chi connectivity index (χ1v) is 21.1.